The van der Waals surface area contributed by atoms with Gasteiger partial charge in [0.15, 0.2) is 0 Å². The van der Waals surface area contributed by atoms with Crippen molar-refractivity contribution in [3.63, 3.8) is 0 Å². The number of fused-ring (bicyclic) bond motifs is 3. The number of nitrogens with one attached hydrogen (secondary N) is 1. The summed E-state index contributed by atoms with van der Waals surface area (Å²) in [6, 6.07) is 9.61. The molecule has 5 rings (SSSR count). The summed E-state index contributed by atoms with van der Waals surface area (Å²) < 4.78 is 7.04. The average Bonchev–Trinajstić information content (AvgIpc) is 3.06. The van der Waals surface area contributed by atoms with Gasteiger partial charge < -0.3 is 9.64 Å². The molecule has 3 aromatic rings. The zero-order valence-corrected chi connectivity index (χ0v) is 14.3. The highest BCUT2D eigenvalue weighted by atomic mass is 16.5. The molecule has 7 heteroatoms. The SMILES string of the molecule is O=c1c2cnc3c(c2[nH]n1-c1ccccc1)CCN=C3N1CCOCC1. The zero-order valence-electron chi connectivity index (χ0n) is 14.3. The van der Waals surface area contributed by atoms with E-state index in [0.717, 1.165) is 47.8 Å². The third kappa shape index (κ3) is 2.35. The van der Waals surface area contributed by atoms with E-state index in [9.17, 15) is 4.79 Å². The first-order valence-electron chi connectivity index (χ1n) is 8.88. The highest BCUT2D eigenvalue weighted by Crippen LogP contribution is 2.23. The summed E-state index contributed by atoms with van der Waals surface area (Å²) in [6.45, 7) is 3.76. The summed E-state index contributed by atoms with van der Waals surface area (Å²) in [5.41, 5.74) is 3.57. The number of aromatic amines is 1. The van der Waals surface area contributed by atoms with E-state index in [4.69, 9.17) is 9.73 Å². The first kappa shape index (κ1) is 15.3. The normalized spacial score (nSPS) is 17.2. The molecular weight excluding hydrogens is 330 g/mol. The number of nitrogens with zero attached hydrogens (tertiary/aromatic N) is 4. The Morgan fingerprint density at radius 3 is 2.73 bits per heavy atom. The number of amidine groups is 1. The Kier molecular flexibility index (Phi) is 3.60. The molecule has 1 N–H and O–H groups in total. The number of para-hydroxylation sites is 1. The summed E-state index contributed by atoms with van der Waals surface area (Å²) >= 11 is 0. The van der Waals surface area contributed by atoms with Crippen molar-refractivity contribution in [1.82, 2.24) is 19.7 Å². The van der Waals surface area contributed by atoms with Gasteiger partial charge in [-0.05, 0) is 18.6 Å². The summed E-state index contributed by atoms with van der Waals surface area (Å²) in [4.78, 5) is 24.4. The molecule has 0 radical (unpaired) electrons. The minimum absolute atomic E-state index is 0.0723. The molecule has 26 heavy (non-hydrogen) atoms. The van der Waals surface area contributed by atoms with Crippen LogP contribution >= 0.6 is 0 Å². The monoisotopic (exact) mass is 349 g/mol. The van der Waals surface area contributed by atoms with Crippen molar-refractivity contribution in [1.29, 1.82) is 0 Å². The van der Waals surface area contributed by atoms with Crippen molar-refractivity contribution >= 4 is 16.7 Å². The Hall–Kier alpha value is -2.93. The second-order valence-electron chi connectivity index (χ2n) is 6.52. The smallest absolute Gasteiger partial charge is 0.280 e. The number of aromatic nitrogens is 3. The summed E-state index contributed by atoms with van der Waals surface area (Å²) in [7, 11) is 0. The van der Waals surface area contributed by atoms with Crippen LogP contribution < -0.4 is 5.56 Å². The Morgan fingerprint density at radius 1 is 1.12 bits per heavy atom. The lowest BCUT2D eigenvalue weighted by Gasteiger charge is -2.31. The van der Waals surface area contributed by atoms with Gasteiger partial charge >= 0.3 is 0 Å². The number of ether oxygens (including phenoxy) is 1. The number of hydrogen-bond donors (Lipinski definition) is 1. The number of hydrogen-bond acceptors (Lipinski definition) is 5. The van der Waals surface area contributed by atoms with Crippen molar-refractivity contribution in [2.75, 3.05) is 32.8 Å². The van der Waals surface area contributed by atoms with E-state index in [0.29, 0.717) is 25.1 Å². The largest absolute Gasteiger partial charge is 0.378 e. The third-order valence-corrected chi connectivity index (χ3v) is 5.00. The van der Waals surface area contributed by atoms with Crippen LogP contribution in [0.25, 0.3) is 16.6 Å². The number of rotatable bonds is 1. The number of H-pyrrole nitrogens is 1. The van der Waals surface area contributed by atoms with E-state index in [1.165, 1.54) is 0 Å². The summed E-state index contributed by atoms with van der Waals surface area (Å²) in [5.74, 6) is 0.921. The highest BCUT2D eigenvalue weighted by Gasteiger charge is 2.26. The van der Waals surface area contributed by atoms with E-state index < -0.39 is 0 Å². The maximum Gasteiger partial charge on any atom is 0.280 e. The Bertz CT molecular complexity index is 1040. The minimum Gasteiger partial charge on any atom is -0.378 e. The van der Waals surface area contributed by atoms with E-state index in [1.54, 1.807) is 10.9 Å². The van der Waals surface area contributed by atoms with Crippen molar-refractivity contribution in [2.24, 2.45) is 4.99 Å². The van der Waals surface area contributed by atoms with Crippen LogP contribution in [0.2, 0.25) is 0 Å². The molecule has 1 fully saturated rings. The highest BCUT2D eigenvalue weighted by molar-refractivity contribution is 6.02. The lowest BCUT2D eigenvalue weighted by atomic mass is 10.0. The second-order valence-corrected chi connectivity index (χ2v) is 6.52. The number of pyridine rings is 1. The summed E-state index contributed by atoms with van der Waals surface area (Å²) in [6.07, 6.45) is 2.45. The fourth-order valence-corrected chi connectivity index (χ4v) is 3.69. The Balaban J connectivity index is 1.66. The predicted molar refractivity (Wildman–Crippen MR) is 99.2 cm³/mol. The maximum atomic E-state index is 12.8. The van der Waals surface area contributed by atoms with E-state index in [1.807, 2.05) is 30.3 Å². The minimum atomic E-state index is -0.0723. The van der Waals surface area contributed by atoms with Crippen LogP contribution in [-0.2, 0) is 11.2 Å². The van der Waals surface area contributed by atoms with Crippen LogP contribution in [0, 0.1) is 0 Å². The van der Waals surface area contributed by atoms with Crippen LogP contribution in [0.5, 0.6) is 0 Å². The molecule has 0 spiro atoms. The van der Waals surface area contributed by atoms with Gasteiger partial charge in [0.05, 0.1) is 29.8 Å². The molecule has 0 bridgehead atoms. The molecule has 2 aromatic heterocycles. The van der Waals surface area contributed by atoms with E-state index >= 15 is 0 Å². The van der Waals surface area contributed by atoms with Gasteiger partial charge in [0.2, 0.25) is 0 Å². The van der Waals surface area contributed by atoms with E-state index in [-0.39, 0.29) is 5.56 Å². The first-order valence-corrected chi connectivity index (χ1v) is 8.88. The molecule has 1 saturated heterocycles. The molecule has 0 saturated carbocycles. The second kappa shape index (κ2) is 6.10. The molecule has 1 aromatic carbocycles. The van der Waals surface area contributed by atoms with Crippen molar-refractivity contribution in [2.45, 2.75) is 6.42 Å². The van der Waals surface area contributed by atoms with Crippen LogP contribution in [0.15, 0.2) is 46.3 Å². The molecule has 2 aliphatic rings. The van der Waals surface area contributed by atoms with Crippen LogP contribution in [0.1, 0.15) is 11.3 Å². The van der Waals surface area contributed by atoms with Crippen LogP contribution in [-0.4, -0.2) is 58.3 Å². The molecule has 0 unspecified atom stereocenters. The van der Waals surface area contributed by atoms with E-state index in [2.05, 4.69) is 15.0 Å². The lowest BCUT2D eigenvalue weighted by Crippen LogP contribution is -2.43. The zero-order chi connectivity index (χ0) is 17.5. The number of benzene rings is 1. The van der Waals surface area contributed by atoms with Gasteiger partial charge in [-0.2, -0.15) is 0 Å². The Morgan fingerprint density at radius 2 is 1.92 bits per heavy atom. The molecule has 4 heterocycles. The van der Waals surface area contributed by atoms with Gasteiger partial charge in [-0.3, -0.25) is 19.9 Å². The van der Waals surface area contributed by atoms with Gasteiger partial charge in [0.25, 0.3) is 5.56 Å². The standard InChI is InChI=1S/C19H19N5O2/c25-19-15-12-21-17-14(6-7-20-18(17)23-8-10-26-11-9-23)16(15)22-24(19)13-4-2-1-3-5-13/h1-5,12,22H,6-11H2. The van der Waals surface area contributed by atoms with Gasteiger partial charge in [-0.25, -0.2) is 4.68 Å². The number of aliphatic imine (C=N–C) groups is 1. The lowest BCUT2D eigenvalue weighted by molar-refractivity contribution is 0.0680. The third-order valence-electron chi connectivity index (χ3n) is 5.00. The van der Waals surface area contributed by atoms with Gasteiger partial charge in [0, 0.05) is 31.4 Å². The fourth-order valence-electron chi connectivity index (χ4n) is 3.69. The maximum absolute atomic E-state index is 12.8. The molecule has 7 nitrogen and oxygen atoms in total. The molecule has 0 atom stereocenters. The van der Waals surface area contributed by atoms with Gasteiger partial charge in [-0.1, -0.05) is 18.2 Å². The molecule has 0 amide bonds. The van der Waals surface area contributed by atoms with Crippen molar-refractivity contribution < 1.29 is 4.74 Å². The molecule has 132 valence electrons. The Labute approximate surface area is 149 Å². The first-order chi connectivity index (χ1) is 12.8. The molecule has 2 aliphatic heterocycles. The average molecular weight is 349 g/mol. The predicted octanol–water partition coefficient (Wildman–Crippen LogP) is 1.35. The fraction of sp³-hybridized carbons (Fsp3) is 0.316. The van der Waals surface area contributed by atoms with Crippen molar-refractivity contribution in [3.8, 4) is 5.69 Å². The van der Waals surface area contributed by atoms with Gasteiger partial charge in [0.1, 0.15) is 11.5 Å². The quantitative estimate of drug-likeness (QED) is 0.720. The number of morpholine rings is 1. The topological polar surface area (TPSA) is 75.5 Å². The van der Waals surface area contributed by atoms with Crippen LogP contribution in [0.3, 0.4) is 0 Å². The van der Waals surface area contributed by atoms with Crippen LogP contribution in [0.4, 0.5) is 0 Å². The van der Waals surface area contributed by atoms with Crippen molar-refractivity contribution in [3.05, 3.63) is 58.1 Å². The molecule has 0 aliphatic carbocycles. The molecular formula is C19H19N5O2. The summed E-state index contributed by atoms with van der Waals surface area (Å²) in [5, 5.41) is 3.92. The van der Waals surface area contributed by atoms with Gasteiger partial charge in [-0.15, -0.1) is 0 Å².